The largest absolute Gasteiger partial charge is 0.494 e. The maximum absolute atomic E-state index is 5.82. The molecule has 0 bridgehead atoms. The molecule has 1 aliphatic carbocycles. The van der Waals surface area contributed by atoms with E-state index in [-0.39, 0.29) is 0 Å². The highest BCUT2D eigenvalue weighted by atomic mass is 16.5. The zero-order chi connectivity index (χ0) is 14.8. The summed E-state index contributed by atoms with van der Waals surface area (Å²) in [6.07, 6.45) is 17.7. The number of benzene rings is 1. The number of allylic oxidation sites excluding steroid dienone is 4. The van der Waals surface area contributed by atoms with Crippen molar-refractivity contribution in [2.24, 2.45) is 0 Å². The molecule has 1 aromatic rings. The summed E-state index contributed by atoms with van der Waals surface area (Å²) in [5.41, 5.74) is 1.38. The van der Waals surface area contributed by atoms with Gasteiger partial charge in [-0.1, -0.05) is 75.5 Å². The van der Waals surface area contributed by atoms with Gasteiger partial charge in [0.1, 0.15) is 5.75 Å². The van der Waals surface area contributed by atoms with Crippen molar-refractivity contribution in [2.75, 3.05) is 6.61 Å². The second-order valence-electron chi connectivity index (χ2n) is 5.84. The molecule has 1 aromatic carbocycles. The van der Waals surface area contributed by atoms with E-state index in [1.165, 1.54) is 44.1 Å². The molecule has 0 fully saturated rings. The predicted octanol–water partition coefficient (Wildman–Crippen LogP) is 6.03. The summed E-state index contributed by atoms with van der Waals surface area (Å²) >= 11 is 0. The SMILES string of the molecule is CCCCCCCCOc1ccc(C2C=CC=CC2)cc1. The maximum Gasteiger partial charge on any atom is 0.119 e. The fourth-order valence-electron chi connectivity index (χ4n) is 2.71. The van der Waals surface area contributed by atoms with E-state index in [1.54, 1.807) is 0 Å². The average Bonchev–Trinajstić information content (AvgIpc) is 2.55. The summed E-state index contributed by atoms with van der Waals surface area (Å²) in [6.45, 7) is 3.10. The van der Waals surface area contributed by atoms with Gasteiger partial charge in [-0.3, -0.25) is 0 Å². The molecule has 0 radical (unpaired) electrons. The molecule has 0 aliphatic heterocycles. The first-order chi connectivity index (χ1) is 10.4. The van der Waals surface area contributed by atoms with Gasteiger partial charge in [0.15, 0.2) is 0 Å². The van der Waals surface area contributed by atoms with Gasteiger partial charge in [-0.05, 0) is 30.5 Å². The summed E-state index contributed by atoms with van der Waals surface area (Å²) < 4.78 is 5.82. The van der Waals surface area contributed by atoms with Crippen LogP contribution in [-0.2, 0) is 0 Å². The van der Waals surface area contributed by atoms with Crippen molar-refractivity contribution >= 4 is 0 Å². The topological polar surface area (TPSA) is 9.23 Å². The molecule has 2 rings (SSSR count). The molecule has 1 aliphatic rings. The van der Waals surface area contributed by atoms with Gasteiger partial charge in [0.2, 0.25) is 0 Å². The van der Waals surface area contributed by atoms with E-state index in [1.807, 2.05) is 0 Å². The van der Waals surface area contributed by atoms with Crippen molar-refractivity contribution < 1.29 is 4.74 Å². The van der Waals surface area contributed by atoms with Crippen molar-refractivity contribution in [3.8, 4) is 5.75 Å². The molecule has 21 heavy (non-hydrogen) atoms. The van der Waals surface area contributed by atoms with Crippen LogP contribution >= 0.6 is 0 Å². The number of hydrogen-bond donors (Lipinski definition) is 0. The fraction of sp³-hybridized carbons (Fsp3) is 0.500. The van der Waals surface area contributed by atoms with E-state index >= 15 is 0 Å². The molecule has 0 N–H and O–H groups in total. The first-order valence-electron chi connectivity index (χ1n) is 8.46. The van der Waals surface area contributed by atoms with Gasteiger partial charge in [0, 0.05) is 5.92 Å². The molecule has 0 spiro atoms. The Morgan fingerprint density at radius 2 is 1.71 bits per heavy atom. The van der Waals surface area contributed by atoms with E-state index in [0.29, 0.717) is 5.92 Å². The van der Waals surface area contributed by atoms with Gasteiger partial charge < -0.3 is 4.74 Å². The van der Waals surface area contributed by atoms with Crippen molar-refractivity contribution in [1.82, 2.24) is 0 Å². The Balaban J connectivity index is 1.65. The third-order valence-electron chi connectivity index (χ3n) is 4.06. The fourth-order valence-corrected chi connectivity index (χ4v) is 2.71. The van der Waals surface area contributed by atoms with Crippen molar-refractivity contribution in [3.05, 3.63) is 54.1 Å². The van der Waals surface area contributed by atoms with Gasteiger partial charge in [-0.15, -0.1) is 0 Å². The smallest absolute Gasteiger partial charge is 0.119 e. The zero-order valence-electron chi connectivity index (χ0n) is 13.3. The summed E-state index contributed by atoms with van der Waals surface area (Å²) in [5.74, 6) is 1.53. The van der Waals surface area contributed by atoms with Crippen molar-refractivity contribution in [1.29, 1.82) is 0 Å². The van der Waals surface area contributed by atoms with Crippen LogP contribution in [0.15, 0.2) is 48.6 Å². The normalized spacial score (nSPS) is 17.1. The summed E-state index contributed by atoms with van der Waals surface area (Å²) in [7, 11) is 0. The van der Waals surface area contributed by atoms with Gasteiger partial charge in [-0.25, -0.2) is 0 Å². The lowest BCUT2D eigenvalue weighted by Crippen LogP contribution is -1.99. The molecule has 114 valence electrons. The van der Waals surface area contributed by atoms with Crippen LogP contribution in [0.25, 0.3) is 0 Å². The highest BCUT2D eigenvalue weighted by molar-refractivity contribution is 5.33. The Morgan fingerprint density at radius 3 is 2.43 bits per heavy atom. The summed E-state index contributed by atoms with van der Waals surface area (Å²) in [5, 5.41) is 0. The Hall–Kier alpha value is -1.50. The average molecular weight is 284 g/mol. The molecule has 0 amide bonds. The van der Waals surface area contributed by atoms with E-state index in [4.69, 9.17) is 4.74 Å². The number of unbranched alkanes of at least 4 members (excludes halogenated alkanes) is 5. The molecular formula is C20H28O. The third kappa shape index (κ3) is 5.79. The number of hydrogen-bond acceptors (Lipinski definition) is 1. The van der Waals surface area contributed by atoms with Crippen LogP contribution in [0.1, 0.15) is 63.4 Å². The van der Waals surface area contributed by atoms with E-state index in [2.05, 4.69) is 55.5 Å². The minimum absolute atomic E-state index is 0.530. The van der Waals surface area contributed by atoms with Crippen LogP contribution in [0.4, 0.5) is 0 Å². The van der Waals surface area contributed by atoms with Crippen LogP contribution in [0.2, 0.25) is 0 Å². The van der Waals surface area contributed by atoms with Crippen molar-refractivity contribution in [3.63, 3.8) is 0 Å². The number of rotatable bonds is 9. The maximum atomic E-state index is 5.82. The first-order valence-corrected chi connectivity index (χ1v) is 8.46. The highest BCUT2D eigenvalue weighted by Gasteiger charge is 2.08. The minimum atomic E-state index is 0.530. The Bertz CT molecular complexity index is 441. The molecule has 0 saturated carbocycles. The van der Waals surface area contributed by atoms with Crippen LogP contribution in [0, 0.1) is 0 Å². The second kappa shape index (κ2) is 9.44. The Labute approximate surface area is 129 Å². The molecule has 1 heteroatoms. The van der Waals surface area contributed by atoms with Crippen LogP contribution in [0.5, 0.6) is 5.75 Å². The Kier molecular flexibility index (Phi) is 7.14. The number of ether oxygens (including phenoxy) is 1. The predicted molar refractivity (Wildman–Crippen MR) is 91.0 cm³/mol. The molecular weight excluding hydrogens is 256 g/mol. The van der Waals surface area contributed by atoms with Gasteiger partial charge in [-0.2, -0.15) is 0 Å². The molecule has 1 unspecified atom stereocenters. The Morgan fingerprint density at radius 1 is 0.952 bits per heavy atom. The lowest BCUT2D eigenvalue weighted by atomic mass is 9.93. The lowest BCUT2D eigenvalue weighted by Gasteiger charge is -2.14. The van der Waals surface area contributed by atoms with E-state index in [0.717, 1.165) is 18.8 Å². The molecule has 0 aromatic heterocycles. The van der Waals surface area contributed by atoms with E-state index < -0.39 is 0 Å². The van der Waals surface area contributed by atoms with Crippen LogP contribution in [-0.4, -0.2) is 6.61 Å². The van der Waals surface area contributed by atoms with Gasteiger partial charge >= 0.3 is 0 Å². The standard InChI is InChI=1S/C20H28O/c1-2-3-4-5-6-10-17-21-20-15-13-19(14-16-20)18-11-8-7-9-12-18/h7-9,11,13-16,18H,2-6,10,12,17H2,1H3. The van der Waals surface area contributed by atoms with Crippen molar-refractivity contribution in [2.45, 2.75) is 57.8 Å². The van der Waals surface area contributed by atoms with Crippen LogP contribution in [0.3, 0.4) is 0 Å². The van der Waals surface area contributed by atoms with Gasteiger partial charge in [0.25, 0.3) is 0 Å². The van der Waals surface area contributed by atoms with Gasteiger partial charge in [0.05, 0.1) is 6.61 Å². The molecule has 0 saturated heterocycles. The third-order valence-corrected chi connectivity index (χ3v) is 4.06. The van der Waals surface area contributed by atoms with E-state index in [9.17, 15) is 0 Å². The lowest BCUT2D eigenvalue weighted by molar-refractivity contribution is 0.304. The summed E-state index contributed by atoms with van der Waals surface area (Å²) in [6, 6.07) is 8.62. The molecule has 1 atom stereocenters. The monoisotopic (exact) mass is 284 g/mol. The molecule has 0 heterocycles. The summed E-state index contributed by atoms with van der Waals surface area (Å²) in [4.78, 5) is 0. The zero-order valence-corrected chi connectivity index (χ0v) is 13.3. The second-order valence-corrected chi connectivity index (χ2v) is 5.84. The highest BCUT2D eigenvalue weighted by Crippen LogP contribution is 2.26. The first kappa shape index (κ1) is 15.9. The van der Waals surface area contributed by atoms with Crippen LogP contribution < -0.4 is 4.74 Å². The molecule has 1 nitrogen and oxygen atoms in total. The minimum Gasteiger partial charge on any atom is -0.494 e. The quantitative estimate of drug-likeness (QED) is 0.503.